The van der Waals surface area contributed by atoms with E-state index < -0.39 is 46.2 Å². The minimum absolute atomic E-state index is 0.0196. The molecule has 2 amide bonds. The van der Waals surface area contributed by atoms with Crippen molar-refractivity contribution in [3.63, 3.8) is 0 Å². The molecular formula is C30H34F3N3O4S. The molecule has 0 aliphatic heterocycles. The van der Waals surface area contributed by atoms with E-state index in [0.717, 1.165) is 23.3 Å². The molecule has 220 valence electrons. The molecule has 0 heterocycles. The third-order valence-electron chi connectivity index (χ3n) is 6.38. The van der Waals surface area contributed by atoms with Crippen LogP contribution in [0.1, 0.15) is 43.0 Å². The van der Waals surface area contributed by atoms with Gasteiger partial charge in [0.05, 0.1) is 16.1 Å². The highest BCUT2D eigenvalue weighted by atomic mass is 32.2. The number of anilines is 1. The summed E-state index contributed by atoms with van der Waals surface area (Å²) in [5, 5.41) is 2.76. The van der Waals surface area contributed by atoms with Crippen LogP contribution in [0.4, 0.5) is 18.9 Å². The van der Waals surface area contributed by atoms with E-state index in [1.165, 1.54) is 30.0 Å². The molecule has 0 aromatic heterocycles. The van der Waals surface area contributed by atoms with Gasteiger partial charge in [0.25, 0.3) is 10.0 Å². The summed E-state index contributed by atoms with van der Waals surface area (Å²) in [5.74, 6) is -1.21. The van der Waals surface area contributed by atoms with Crippen LogP contribution in [-0.2, 0) is 32.3 Å². The number of hydrogen-bond acceptors (Lipinski definition) is 4. The predicted octanol–water partition coefficient (Wildman–Crippen LogP) is 5.46. The van der Waals surface area contributed by atoms with E-state index in [4.69, 9.17) is 0 Å². The maximum atomic E-state index is 13.9. The largest absolute Gasteiger partial charge is 0.416 e. The van der Waals surface area contributed by atoms with Crippen molar-refractivity contribution >= 4 is 27.5 Å². The van der Waals surface area contributed by atoms with Crippen LogP contribution >= 0.6 is 0 Å². The van der Waals surface area contributed by atoms with E-state index >= 15 is 0 Å². The third-order valence-corrected chi connectivity index (χ3v) is 8.17. The number of benzene rings is 3. The standard InChI is InChI=1S/C30H34F3N3O4S/c1-20(2)34-29(38)23(5)35(18-24-9-6-8-22(4)16-24)28(37)19-36(26-11-7-10-25(17-26)30(31,32)33)41(39,40)27-14-12-21(3)13-15-27/h6-17,20,23H,18-19H2,1-5H3,(H,34,38)/t23-/m1/s1. The SMILES string of the molecule is Cc1ccc(S(=O)(=O)N(CC(=O)N(Cc2cccc(C)c2)[C@H](C)C(=O)NC(C)C)c2cccc(C(F)(F)F)c2)cc1. The lowest BCUT2D eigenvalue weighted by Gasteiger charge is -2.32. The molecule has 3 aromatic rings. The van der Waals surface area contributed by atoms with Crippen LogP contribution in [0.2, 0.25) is 0 Å². The Labute approximate surface area is 239 Å². The molecule has 41 heavy (non-hydrogen) atoms. The molecule has 0 spiro atoms. The van der Waals surface area contributed by atoms with Crippen molar-refractivity contribution in [1.82, 2.24) is 10.2 Å². The van der Waals surface area contributed by atoms with Crippen LogP contribution in [0.15, 0.2) is 77.7 Å². The van der Waals surface area contributed by atoms with Crippen molar-refractivity contribution in [2.75, 3.05) is 10.8 Å². The average Bonchev–Trinajstić information content (AvgIpc) is 2.89. The first-order valence-electron chi connectivity index (χ1n) is 13.0. The van der Waals surface area contributed by atoms with Crippen LogP contribution < -0.4 is 9.62 Å². The number of halogens is 3. The van der Waals surface area contributed by atoms with Gasteiger partial charge in [0, 0.05) is 12.6 Å². The molecule has 1 atom stereocenters. The van der Waals surface area contributed by atoms with Gasteiger partial charge in [0.2, 0.25) is 11.8 Å². The fourth-order valence-electron chi connectivity index (χ4n) is 4.20. The van der Waals surface area contributed by atoms with Gasteiger partial charge in [-0.05, 0) is 70.5 Å². The molecule has 11 heteroatoms. The summed E-state index contributed by atoms with van der Waals surface area (Å²) in [6, 6.07) is 15.6. The number of alkyl halides is 3. The van der Waals surface area contributed by atoms with Crippen LogP contribution in [0.25, 0.3) is 0 Å². The van der Waals surface area contributed by atoms with E-state index in [1.54, 1.807) is 45.0 Å². The minimum Gasteiger partial charge on any atom is -0.352 e. The zero-order valence-corrected chi connectivity index (χ0v) is 24.4. The van der Waals surface area contributed by atoms with Gasteiger partial charge < -0.3 is 10.2 Å². The van der Waals surface area contributed by atoms with E-state index in [1.807, 2.05) is 19.1 Å². The van der Waals surface area contributed by atoms with Crippen LogP contribution in [0.5, 0.6) is 0 Å². The molecule has 1 N–H and O–H groups in total. The monoisotopic (exact) mass is 589 g/mol. The number of nitrogens with one attached hydrogen (secondary N) is 1. The Morgan fingerprint density at radius 3 is 2.10 bits per heavy atom. The maximum absolute atomic E-state index is 13.9. The molecule has 3 rings (SSSR count). The number of nitrogens with zero attached hydrogens (tertiary/aromatic N) is 2. The normalized spacial score (nSPS) is 12.6. The number of aryl methyl sites for hydroxylation is 2. The first-order chi connectivity index (χ1) is 19.1. The van der Waals surface area contributed by atoms with Gasteiger partial charge in [-0.15, -0.1) is 0 Å². The average molecular weight is 590 g/mol. The fraction of sp³-hybridized carbons (Fsp3) is 0.333. The lowest BCUT2D eigenvalue weighted by atomic mass is 10.1. The summed E-state index contributed by atoms with van der Waals surface area (Å²) < 4.78 is 69.0. The first kappa shape index (κ1) is 31.7. The van der Waals surface area contributed by atoms with Gasteiger partial charge in [-0.1, -0.05) is 53.6 Å². The number of hydrogen-bond donors (Lipinski definition) is 1. The highest BCUT2D eigenvalue weighted by Gasteiger charge is 2.35. The molecule has 7 nitrogen and oxygen atoms in total. The Kier molecular flexibility index (Phi) is 9.85. The van der Waals surface area contributed by atoms with Gasteiger partial charge in [0.15, 0.2) is 0 Å². The second-order valence-electron chi connectivity index (χ2n) is 10.2. The quantitative estimate of drug-likeness (QED) is 0.340. The van der Waals surface area contributed by atoms with Gasteiger partial charge in [-0.2, -0.15) is 13.2 Å². The Balaban J connectivity index is 2.10. The Hall–Kier alpha value is -3.86. The van der Waals surface area contributed by atoms with Gasteiger partial charge in [-0.25, -0.2) is 8.42 Å². The zero-order chi connectivity index (χ0) is 30.5. The van der Waals surface area contributed by atoms with Crippen molar-refractivity contribution in [3.8, 4) is 0 Å². The molecule has 0 aliphatic carbocycles. The summed E-state index contributed by atoms with van der Waals surface area (Å²) in [5.41, 5.74) is 1.01. The molecule has 0 unspecified atom stereocenters. The van der Waals surface area contributed by atoms with Crippen molar-refractivity contribution in [2.45, 2.75) is 64.3 Å². The maximum Gasteiger partial charge on any atom is 0.416 e. The number of carbonyl (C=O) groups excluding carboxylic acids is 2. The molecule has 0 saturated carbocycles. The number of rotatable bonds is 10. The number of carbonyl (C=O) groups is 2. The minimum atomic E-state index is -4.74. The molecule has 3 aromatic carbocycles. The van der Waals surface area contributed by atoms with Crippen LogP contribution in [-0.4, -0.2) is 43.8 Å². The molecule has 0 bridgehead atoms. The van der Waals surface area contributed by atoms with Crippen molar-refractivity contribution in [1.29, 1.82) is 0 Å². The summed E-state index contributed by atoms with van der Waals surface area (Å²) in [6.45, 7) is 7.83. The van der Waals surface area contributed by atoms with Crippen molar-refractivity contribution in [2.24, 2.45) is 0 Å². The highest BCUT2D eigenvalue weighted by molar-refractivity contribution is 7.92. The van der Waals surface area contributed by atoms with Crippen LogP contribution in [0.3, 0.4) is 0 Å². The van der Waals surface area contributed by atoms with E-state index in [2.05, 4.69) is 5.32 Å². The zero-order valence-electron chi connectivity index (χ0n) is 23.6. The molecular weight excluding hydrogens is 555 g/mol. The fourth-order valence-corrected chi connectivity index (χ4v) is 5.60. The van der Waals surface area contributed by atoms with E-state index in [-0.39, 0.29) is 23.2 Å². The second kappa shape index (κ2) is 12.8. The molecule has 0 fully saturated rings. The first-order valence-corrected chi connectivity index (χ1v) is 14.5. The number of amides is 2. The van der Waals surface area contributed by atoms with E-state index in [0.29, 0.717) is 15.9 Å². The van der Waals surface area contributed by atoms with Crippen molar-refractivity contribution < 1.29 is 31.2 Å². The predicted molar refractivity (Wildman–Crippen MR) is 152 cm³/mol. The topological polar surface area (TPSA) is 86.8 Å². The van der Waals surface area contributed by atoms with Crippen LogP contribution in [0, 0.1) is 13.8 Å². The van der Waals surface area contributed by atoms with Gasteiger partial charge in [-0.3, -0.25) is 13.9 Å². The highest BCUT2D eigenvalue weighted by Crippen LogP contribution is 2.33. The van der Waals surface area contributed by atoms with Gasteiger partial charge in [0.1, 0.15) is 12.6 Å². The Morgan fingerprint density at radius 1 is 0.878 bits per heavy atom. The Morgan fingerprint density at radius 2 is 1.51 bits per heavy atom. The lowest BCUT2D eigenvalue weighted by Crippen LogP contribution is -2.52. The smallest absolute Gasteiger partial charge is 0.352 e. The molecule has 0 saturated heterocycles. The van der Waals surface area contributed by atoms with Crippen molar-refractivity contribution in [3.05, 3.63) is 95.1 Å². The molecule has 0 radical (unpaired) electrons. The van der Waals surface area contributed by atoms with E-state index in [9.17, 15) is 31.2 Å². The number of sulfonamides is 1. The summed E-state index contributed by atoms with van der Waals surface area (Å²) in [6.07, 6.45) is -4.74. The summed E-state index contributed by atoms with van der Waals surface area (Å²) in [7, 11) is -4.49. The summed E-state index contributed by atoms with van der Waals surface area (Å²) >= 11 is 0. The summed E-state index contributed by atoms with van der Waals surface area (Å²) in [4.78, 5) is 27.9. The molecule has 0 aliphatic rings. The third kappa shape index (κ3) is 8.09. The van der Waals surface area contributed by atoms with Gasteiger partial charge >= 0.3 is 6.18 Å². The second-order valence-corrected chi connectivity index (χ2v) is 12.1. The lowest BCUT2D eigenvalue weighted by molar-refractivity contribution is -0.139. The Bertz CT molecular complexity index is 1490.